The van der Waals surface area contributed by atoms with Crippen molar-refractivity contribution in [1.29, 1.82) is 0 Å². The lowest BCUT2D eigenvalue weighted by Crippen LogP contribution is -2.06. The number of hydrogen-bond donors (Lipinski definition) is 1. The van der Waals surface area contributed by atoms with Crippen molar-refractivity contribution in [1.82, 2.24) is 30.6 Å². The van der Waals surface area contributed by atoms with E-state index in [0.717, 1.165) is 22.1 Å². The van der Waals surface area contributed by atoms with Crippen molar-refractivity contribution in [3.05, 3.63) is 47.5 Å². The van der Waals surface area contributed by atoms with Crippen LogP contribution in [0.1, 0.15) is 0 Å². The van der Waals surface area contributed by atoms with Crippen LogP contribution in [0.3, 0.4) is 0 Å². The Morgan fingerprint density at radius 1 is 1.05 bits per heavy atom. The number of para-hydroxylation sites is 2. The number of nitrogens with zero attached hydrogens (tertiary/aromatic N) is 5. The molecule has 0 saturated heterocycles. The summed E-state index contributed by atoms with van der Waals surface area (Å²) in [5, 5.41) is 18.5. The number of H-pyrrole nitrogens is 1. The number of halogens is 1. The fraction of sp³-hybridized carbons (Fsp3) is 0.0769. The maximum atomic E-state index is 5.78. The van der Waals surface area contributed by atoms with Crippen LogP contribution in [0.4, 0.5) is 0 Å². The molecule has 8 heteroatoms. The molecule has 7 nitrogen and oxygen atoms in total. The molecule has 2 aromatic carbocycles. The van der Waals surface area contributed by atoms with E-state index in [4.69, 9.17) is 16.4 Å². The molecule has 0 aliphatic carbocycles. The molecule has 4 aromatic rings. The predicted octanol–water partition coefficient (Wildman–Crippen LogP) is 2.10. The number of aromatic nitrogens is 6. The fourth-order valence-corrected chi connectivity index (χ4v) is 1.96. The Bertz CT molecular complexity index is 841. The average molecular weight is 303 g/mol. The first kappa shape index (κ1) is 13.3. The summed E-state index contributed by atoms with van der Waals surface area (Å²) in [6, 6.07) is 13.0. The molecule has 0 aliphatic rings. The quantitative estimate of drug-likeness (QED) is 0.582. The van der Waals surface area contributed by atoms with Gasteiger partial charge in [-0.25, -0.2) is 0 Å². The minimum Gasteiger partial charge on any atom is -0.398 e. The third-order valence-electron chi connectivity index (χ3n) is 2.77. The molecule has 0 unspecified atom stereocenters. The lowest BCUT2D eigenvalue weighted by molar-refractivity contribution is 0.139. The van der Waals surface area contributed by atoms with E-state index >= 15 is 0 Å². The molecular weight excluding hydrogens is 292 g/mol. The third-order valence-corrected chi connectivity index (χ3v) is 3.01. The van der Waals surface area contributed by atoms with Crippen molar-refractivity contribution in [3.8, 4) is 0 Å². The zero-order chi connectivity index (χ0) is 14.7. The van der Waals surface area contributed by atoms with E-state index in [0.29, 0.717) is 5.02 Å². The highest BCUT2D eigenvalue weighted by atomic mass is 35.5. The lowest BCUT2D eigenvalue weighted by atomic mass is 10.3. The fourth-order valence-electron chi connectivity index (χ4n) is 1.79. The molecular formula is C13H11ClN6O. The summed E-state index contributed by atoms with van der Waals surface area (Å²) in [6.45, 7) is 0. The maximum Gasteiger partial charge on any atom is 0.132 e. The summed E-state index contributed by atoms with van der Waals surface area (Å²) in [6.07, 6.45) is 0. The van der Waals surface area contributed by atoms with Crippen LogP contribution >= 0.6 is 11.6 Å². The number of hydrogen-bond acceptors (Lipinski definition) is 5. The summed E-state index contributed by atoms with van der Waals surface area (Å²) >= 11 is 5.78. The first-order valence-electron chi connectivity index (χ1n) is 6.09. The van der Waals surface area contributed by atoms with Gasteiger partial charge in [0.05, 0.1) is 0 Å². The molecule has 0 saturated carbocycles. The van der Waals surface area contributed by atoms with Gasteiger partial charge in [-0.15, -0.1) is 5.10 Å². The van der Waals surface area contributed by atoms with E-state index in [9.17, 15) is 0 Å². The molecule has 0 aliphatic heterocycles. The van der Waals surface area contributed by atoms with Crippen LogP contribution in [-0.4, -0.2) is 37.7 Å². The Labute approximate surface area is 124 Å². The summed E-state index contributed by atoms with van der Waals surface area (Å²) in [7, 11) is 1.52. The van der Waals surface area contributed by atoms with Crippen molar-refractivity contribution in [2.45, 2.75) is 0 Å². The summed E-state index contributed by atoms with van der Waals surface area (Å²) in [5.74, 6) is 0. The second-order valence-electron chi connectivity index (χ2n) is 4.09. The van der Waals surface area contributed by atoms with Gasteiger partial charge in [-0.1, -0.05) is 28.6 Å². The Balaban J connectivity index is 0.000000131. The van der Waals surface area contributed by atoms with Crippen molar-refractivity contribution in [3.63, 3.8) is 0 Å². The van der Waals surface area contributed by atoms with E-state index in [1.807, 2.05) is 24.3 Å². The summed E-state index contributed by atoms with van der Waals surface area (Å²) < 4.78 is 0. The highest BCUT2D eigenvalue weighted by molar-refractivity contribution is 6.31. The first-order valence-corrected chi connectivity index (χ1v) is 6.46. The van der Waals surface area contributed by atoms with E-state index in [1.165, 1.54) is 12.0 Å². The lowest BCUT2D eigenvalue weighted by Gasteiger charge is -1.96. The predicted molar refractivity (Wildman–Crippen MR) is 78.9 cm³/mol. The van der Waals surface area contributed by atoms with Gasteiger partial charge >= 0.3 is 0 Å². The van der Waals surface area contributed by atoms with Gasteiger partial charge in [-0.05, 0) is 35.5 Å². The normalized spacial score (nSPS) is 10.4. The minimum atomic E-state index is 0.642. The van der Waals surface area contributed by atoms with E-state index in [2.05, 4.69) is 25.7 Å². The second-order valence-corrected chi connectivity index (χ2v) is 4.53. The smallest absolute Gasteiger partial charge is 0.132 e. The number of fused-ring (bicyclic) bond motifs is 2. The van der Waals surface area contributed by atoms with Crippen LogP contribution < -0.4 is 4.84 Å². The number of nitrogens with one attached hydrogen (secondary N) is 1. The van der Waals surface area contributed by atoms with Crippen molar-refractivity contribution in [2.75, 3.05) is 7.11 Å². The first-order chi connectivity index (χ1) is 10.3. The molecule has 4 rings (SSSR count). The molecule has 0 atom stereocenters. The van der Waals surface area contributed by atoms with Crippen molar-refractivity contribution >= 4 is 33.7 Å². The highest BCUT2D eigenvalue weighted by Crippen LogP contribution is 2.15. The van der Waals surface area contributed by atoms with Crippen LogP contribution in [0.5, 0.6) is 0 Å². The largest absolute Gasteiger partial charge is 0.398 e. The monoisotopic (exact) mass is 302 g/mol. The molecule has 21 heavy (non-hydrogen) atoms. The molecule has 2 heterocycles. The number of benzene rings is 2. The van der Waals surface area contributed by atoms with Crippen LogP contribution in [0.25, 0.3) is 22.1 Å². The topological polar surface area (TPSA) is 81.5 Å². The zero-order valence-corrected chi connectivity index (χ0v) is 11.8. The van der Waals surface area contributed by atoms with E-state index in [-0.39, 0.29) is 0 Å². The molecule has 0 amide bonds. The van der Waals surface area contributed by atoms with Gasteiger partial charge in [-0.2, -0.15) is 15.4 Å². The van der Waals surface area contributed by atoms with Gasteiger partial charge in [0.15, 0.2) is 0 Å². The van der Waals surface area contributed by atoms with Crippen molar-refractivity contribution in [2.24, 2.45) is 0 Å². The highest BCUT2D eigenvalue weighted by Gasteiger charge is 2.03. The van der Waals surface area contributed by atoms with Crippen LogP contribution in [-0.2, 0) is 0 Å². The minimum absolute atomic E-state index is 0.642. The average Bonchev–Trinajstić information content (AvgIpc) is 3.13. The van der Waals surface area contributed by atoms with Gasteiger partial charge in [0.1, 0.15) is 29.2 Å². The molecule has 2 aromatic heterocycles. The van der Waals surface area contributed by atoms with Gasteiger partial charge in [0.2, 0.25) is 0 Å². The molecule has 106 valence electrons. The second kappa shape index (κ2) is 5.76. The molecule has 0 radical (unpaired) electrons. The number of rotatable bonds is 1. The van der Waals surface area contributed by atoms with Crippen LogP contribution in [0.2, 0.25) is 5.02 Å². The van der Waals surface area contributed by atoms with Crippen molar-refractivity contribution < 1.29 is 4.84 Å². The van der Waals surface area contributed by atoms with Gasteiger partial charge < -0.3 is 4.84 Å². The van der Waals surface area contributed by atoms with Gasteiger partial charge in [0, 0.05) is 5.02 Å². The summed E-state index contributed by atoms with van der Waals surface area (Å²) in [5.41, 5.74) is 3.36. The Morgan fingerprint density at radius 2 is 1.76 bits per heavy atom. The molecule has 0 bridgehead atoms. The van der Waals surface area contributed by atoms with Gasteiger partial charge in [-0.3, -0.25) is 0 Å². The zero-order valence-electron chi connectivity index (χ0n) is 11.1. The third kappa shape index (κ3) is 2.77. The molecule has 0 fully saturated rings. The molecule has 1 N–H and O–H groups in total. The molecule has 0 spiro atoms. The Hall–Kier alpha value is -2.67. The summed E-state index contributed by atoms with van der Waals surface area (Å²) in [4.78, 5) is 6.23. The SMILES string of the molecule is COn1nnc2ccc(Cl)cc21.c1ccc2n[nH]nc2c1. The maximum absolute atomic E-state index is 5.78. The van der Waals surface area contributed by atoms with Gasteiger partial charge in [0.25, 0.3) is 0 Å². The Kier molecular flexibility index (Phi) is 3.65. The van der Waals surface area contributed by atoms with E-state index < -0.39 is 0 Å². The Morgan fingerprint density at radius 3 is 2.43 bits per heavy atom. The standard InChI is InChI=1S/C7H6ClN3O.C6H5N3/c1-12-11-7-4-5(8)2-3-6(7)9-10-11;1-2-4-6-5(3-1)7-9-8-6/h2-4H,1H3;1-4H,(H,7,8,9). The van der Waals surface area contributed by atoms with E-state index in [1.54, 1.807) is 18.2 Å². The van der Waals surface area contributed by atoms with Crippen LogP contribution in [0, 0.1) is 0 Å². The number of aromatic amines is 1. The van der Waals surface area contributed by atoms with Crippen LogP contribution in [0.15, 0.2) is 42.5 Å².